The Kier molecular flexibility index (Phi) is 2.78. The van der Waals surface area contributed by atoms with Gasteiger partial charge < -0.3 is 15.1 Å². The Balaban J connectivity index is 1.87. The van der Waals surface area contributed by atoms with Gasteiger partial charge in [0.25, 0.3) is 5.91 Å². The van der Waals surface area contributed by atoms with Crippen LogP contribution < -0.4 is 10.6 Å². The van der Waals surface area contributed by atoms with Crippen LogP contribution in [0.5, 0.6) is 0 Å². The molecule has 1 saturated heterocycles. The molecule has 5 nitrogen and oxygen atoms in total. The molecule has 5 heteroatoms. The van der Waals surface area contributed by atoms with Crippen LogP contribution in [0.3, 0.4) is 0 Å². The number of rotatable bonds is 2. The van der Waals surface area contributed by atoms with E-state index in [0.29, 0.717) is 5.69 Å². The van der Waals surface area contributed by atoms with E-state index in [1.165, 1.54) is 12.7 Å². The summed E-state index contributed by atoms with van der Waals surface area (Å²) >= 11 is 0. The molecule has 0 aliphatic carbocycles. The van der Waals surface area contributed by atoms with E-state index >= 15 is 0 Å². The van der Waals surface area contributed by atoms with Crippen molar-refractivity contribution in [1.29, 1.82) is 0 Å². The SMILES string of the molecule is O=C(N[C@H]1CCCNC1)c1cocn1. The number of nitrogens with one attached hydrogen (secondary N) is 2. The number of carbonyl (C=O) groups excluding carboxylic acids is 1. The van der Waals surface area contributed by atoms with Crippen molar-refractivity contribution in [2.75, 3.05) is 13.1 Å². The number of carbonyl (C=O) groups is 1. The highest BCUT2D eigenvalue weighted by atomic mass is 16.3. The maximum Gasteiger partial charge on any atom is 0.273 e. The van der Waals surface area contributed by atoms with Gasteiger partial charge >= 0.3 is 0 Å². The number of hydrogen-bond acceptors (Lipinski definition) is 4. The molecule has 2 rings (SSSR count). The summed E-state index contributed by atoms with van der Waals surface area (Å²) in [5.41, 5.74) is 0.343. The average molecular weight is 195 g/mol. The van der Waals surface area contributed by atoms with Gasteiger partial charge in [0, 0.05) is 12.6 Å². The van der Waals surface area contributed by atoms with Crippen molar-refractivity contribution in [1.82, 2.24) is 15.6 Å². The van der Waals surface area contributed by atoms with Crippen LogP contribution in [0.4, 0.5) is 0 Å². The molecule has 0 radical (unpaired) electrons. The largest absolute Gasteiger partial charge is 0.451 e. The van der Waals surface area contributed by atoms with Crippen molar-refractivity contribution in [2.45, 2.75) is 18.9 Å². The fraction of sp³-hybridized carbons (Fsp3) is 0.556. The number of nitrogens with zero attached hydrogens (tertiary/aromatic N) is 1. The lowest BCUT2D eigenvalue weighted by Gasteiger charge is -2.23. The molecule has 0 saturated carbocycles. The van der Waals surface area contributed by atoms with Crippen LogP contribution >= 0.6 is 0 Å². The van der Waals surface area contributed by atoms with E-state index in [1.54, 1.807) is 0 Å². The molecule has 0 bridgehead atoms. The second kappa shape index (κ2) is 4.23. The fourth-order valence-electron chi connectivity index (χ4n) is 1.56. The Labute approximate surface area is 81.9 Å². The summed E-state index contributed by atoms with van der Waals surface area (Å²) in [5, 5.41) is 6.12. The highest BCUT2D eigenvalue weighted by molar-refractivity contribution is 5.92. The summed E-state index contributed by atoms with van der Waals surface area (Å²) in [6, 6.07) is 0.216. The van der Waals surface area contributed by atoms with Crippen molar-refractivity contribution in [2.24, 2.45) is 0 Å². The Bertz CT molecular complexity index is 291. The number of aromatic nitrogens is 1. The molecule has 2 N–H and O–H groups in total. The minimum absolute atomic E-state index is 0.160. The predicted octanol–water partition coefficient (Wildman–Crippen LogP) is 0.156. The Hall–Kier alpha value is -1.36. The normalized spacial score (nSPS) is 21.9. The molecule has 0 spiro atoms. The first-order valence-corrected chi connectivity index (χ1v) is 4.76. The van der Waals surface area contributed by atoms with Crippen LogP contribution in [-0.4, -0.2) is 30.0 Å². The molecule has 1 aliphatic heterocycles. The van der Waals surface area contributed by atoms with Crippen molar-refractivity contribution in [3.63, 3.8) is 0 Å². The van der Waals surface area contributed by atoms with Gasteiger partial charge in [0.2, 0.25) is 0 Å². The van der Waals surface area contributed by atoms with Gasteiger partial charge in [0.05, 0.1) is 0 Å². The van der Waals surface area contributed by atoms with E-state index in [2.05, 4.69) is 15.6 Å². The van der Waals surface area contributed by atoms with E-state index in [4.69, 9.17) is 4.42 Å². The Morgan fingerprint density at radius 1 is 1.71 bits per heavy atom. The van der Waals surface area contributed by atoms with Crippen LogP contribution in [0.15, 0.2) is 17.1 Å². The van der Waals surface area contributed by atoms with E-state index in [1.807, 2.05) is 0 Å². The zero-order valence-electron chi connectivity index (χ0n) is 7.82. The minimum Gasteiger partial charge on any atom is -0.451 e. The molecular formula is C9H13N3O2. The summed E-state index contributed by atoms with van der Waals surface area (Å²) in [6.45, 7) is 1.87. The van der Waals surface area contributed by atoms with Gasteiger partial charge in [-0.3, -0.25) is 4.79 Å². The van der Waals surface area contributed by atoms with E-state index in [0.717, 1.165) is 25.9 Å². The molecule has 1 amide bonds. The molecule has 1 atom stereocenters. The van der Waals surface area contributed by atoms with Crippen LogP contribution in [0.25, 0.3) is 0 Å². The van der Waals surface area contributed by atoms with Gasteiger partial charge in [-0.25, -0.2) is 4.98 Å². The second-order valence-corrected chi connectivity index (χ2v) is 3.39. The minimum atomic E-state index is -0.160. The van der Waals surface area contributed by atoms with E-state index in [-0.39, 0.29) is 11.9 Å². The lowest BCUT2D eigenvalue weighted by atomic mass is 10.1. The third kappa shape index (κ3) is 2.11. The molecular weight excluding hydrogens is 182 g/mol. The van der Waals surface area contributed by atoms with Gasteiger partial charge in [0.15, 0.2) is 12.1 Å². The maximum atomic E-state index is 11.5. The summed E-state index contributed by atoms with van der Waals surface area (Å²) < 4.78 is 4.74. The van der Waals surface area contributed by atoms with E-state index < -0.39 is 0 Å². The highest BCUT2D eigenvalue weighted by Gasteiger charge is 2.17. The topological polar surface area (TPSA) is 67.2 Å². The number of oxazole rings is 1. The second-order valence-electron chi connectivity index (χ2n) is 3.39. The van der Waals surface area contributed by atoms with Crippen molar-refractivity contribution >= 4 is 5.91 Å². The standard InChI is InChI=1S/C9H13N3O2/c13-9(8-5-14-6-11-8)12-7-2-1-3-10-4-7/h5-7,10H,1-4H2,(H,12,13)/t7-/m0/s1. The lowest BCUT2D eigenvalue weighted by Crippen LogP contribution is -2.45. The highest BCUT2D eigenvalue weighted by Crippen LogP contribution is 2.02. The van der Waals surface area contributed by atoms with Gasteiger partial charge in [-0.05, 0) is 19.4 Å². The summed E-state index contributed by atoms with van der Waals surface area (Å²) in [6.07, 6.45) is 4.74. The number of piperidine rings is 1. The number of amides is 1. The maximum absolute atomic E-state index is 11.5. The number of hydrogen-bond donors (Lipinski definition) is 2. The van der Waals surface area contributed by atoms with Gasteiger partial charge in [-0.15, -0.1) is 0 Å². The molecule has 1 fully saturated rings. The fourth-order valence-corrected chi connectivity index (χ4v) is 1.56. The predicted molar refractivity (Wildman–Crippen MR) is 49.9 cm³/mol. The van der Waals surface area contributed by atoms with Crippen LogP contribution in [0.1, 0.15) is 23.3 Å². The zero-order chi connectivity index (χ0) is 9.80. The summed E-state index contributed by atoms with van der Waals surface area (Å²) in [4.78, 5) is 15.3. The molecule has 0 unspecified atom stereocenters. The molecule has 1 aliphatic rings. The third-order valence-corrected chi connectivity index (χ3v) is 2.30. The molecule has 14 heavy (non-hydrogen) atoms. The quantitative estimate of drug-likeness (QED) is 0.705. The molecule has 1 aromatic rings. The van der Waals surface area contributed by atoms with Crippen molar-refractivity contribution < 1.29 is 9.21 Å². The monoisotopic (exact) mass is 195 g/mol. The zero-order valence-corrected chi connectivity index (χ0v) is 7.82. The van der Waals surface area contributed by atoms with Gasteiger partial charge in [0.1, 0.15) is 6.26 Å². The first kappa shape index (κ1) is 9.21. The molecule has 1 aromatic heterocycles. The van der Waals surface area contributed by atoms with E-state index in [9.17, 15) is 4.79 Å². The average Bonchev–Trinajstić information content (AvgIpc) is 2.72. The lowest BCUT2D eigenvalue weighted by molar-refractivity contribution is 0.0925. The summed E-state index contributed by atoms with van der Waals surface area (Å²) in [7, 11) is 0. The molecule has 2 heterocycles. The van der Waals surface area contributed by atoms with Crippen LogP contribution in [0, 0.1) is 0 Å². The first-order chi connectivity index (χ1) is 6.86. The smallest absolute Gasteiger partial charge is 0.273 e. The van der Waals surface area contributed by atoms with Crippen molar-refractivity contribution in [3.05, 3.63) is 18.4 Å². The van der Waals surface area contributed by atoms with Gasteiger partial charge in [-0.2, -0.15) is 0 Å². The van der Waals surface area contributed by atoms with Gasteiger partial charge in [-0.1, -0.05) is 0 Å². The molecule has 0 aromatic carbocycles. The van der Waals surface area contributed by atoms with Crippen molar-refractivity contribution in [3.8, 4) is 0 Å². The molecule has 76 valence electrons. The third-order valence-electron chi connectivity index (χ3n) is 2.30. The van der Waals surface area contributed by atoms with Crippen LogP contribution in [-0.2, 0) is 0 Å². The Morgan fingerprint density at radius 2 is 2.64 bits per heavy atom. The first-order valence-electron chi connectivity index (χ1n) is 4.76. The Morgan fingerprint density at radius 3 is 3.29 bits per heavy atom. The summed E-state index contributed by atoms with van der Waals surface area (Å²) in [5.74, 6) is -0.160. The van der Waals surface area contributed by atoms with Crippen LogP contribution in [0.2, 0.25) is 0 Å².